The van der Waals surface area contributed by atoms with Gasteiger partial charge in [-0.2, -0.15) is 0 Å². The summed E-state index contributed by atoms with van der Waals surface area (Å²) >= 11 is 0. The van der Waals surface area contributed by atoms with Crippen LogP contribution in [0.15, 0.2) is 18.2 Å². The zero-order valence-corrected chi connectivity index (χ0v) is 9.59. The van der Waals surface area contributed by atoms with Gasteiger partial charge in [-0.1, -0.05) is 17.7 Å². The van der Waals surface area contributed by atoms with Gasteiger partial charge < -0.3 is 10.4 Å². The van der Waals surface area contributed by atoms with E-state index in [4.69, 9.17) is 0 Å². The van der Waals surface area contributed by atoms with Crippen LogP contribution >= 0.6 is 0 Å². The fraction of sp³-hybridized carbons (Fsp3) is 0.538. The molecule has 0 radical (unpaired) electrons. The Hall–Kier alpha value is -0.930. The van der Waals surface area contributed by atoms with Gasteiger partial charge in [0, 0.05) is 5.56 Å². The molecule has 1 saturated heterocycles. The van der Waals surface area contributed by atoms with E-state index in [0.29, 0.717) is 18.4 Å². The lowest BCUT2D eigenvalue weighted by Crippen LogP contribution is -2.28. The number of nitrogens with one attached hydrogen (secondary N) is 1. The van der Waals surface area contributed by atoms with Crippen LogP contribution in [0, 0.1) is 12.7 Å². The van der Waals surface area contributed by atoms with Crippen LogP contribution in [0.3, 0.4) is 0 Å². The molecule has 1 aliphatic heterocycles. The maximum absolute atomic E-state index is 13.8. The number of rotatable bonds is 1. The second kappa shape index (κ2) is 4.52. The number of hydrogen-bond acceptors (Lipinski definition) is 2. The molecule has 0 saturated carbocycles. The maximum Gasteiger partial charge on any atom is 0.129 e. The Bertz CT molecular complexity index is 370. The first kappa shape index (κ1) is 11.6. The third kappa shape index (κ3) is 2.25. The van der Waals surface area contributed by atoms with Gasteiger partial charge in [0.05, 0.1) is 5.60 Å². The molecule has 1 aliphatic rings. The molecule has 0 bridgehead atoms. The van der Waals surface area contributed by atoms with Crippen molar-refractivity contribution in [1.82, 2.24) is 5.32 Å². The first-order valence-electron chi connectivity index (χ1n) is 5.81. The van der Waals surface area contributed by atoms with Crippen LogP contribution in [-0.4, -0.2) is 18.2 Å². The van der Waals surface area contributed by atoms with Gasteiger partial charge in [0.2, 0.25) is 0 Å². The summed E-state index contributed by atoms with van der Waals surface area (Å²) in [4.78, 5) is 0. The lowest BCUT2D eigenvalue weighted by molar-refractivity contribution is 0.0205. The van der Waals surface area contributed by atoms with Crippen molar-refractivity contribution >= 4 is 0 Å². The van der Waals surface area contributed by atoms with Crippen molar-refractivity contribution in [2.24, 2.45) is 0 Å². The zero-order valence-electron chi connectivity index (χ0n) is 9.59. The molecular weight excluding hydrogens is 205 g/mol. The fourth-order valence-corrected chi connectivity index (χ4v) is 2.32. The maximum atomic E-state index is 13.8. The standard InChI is InChI=1S/C13H18FNO/c1-10-3-4-12(14)11(9-10)13(16)5-2-7-15-8-6-13/h3-4,9,15-16H,2,5-8H2,1H3. The molecule has 0 aromatic heterocycles. The highest BCUT2D eigenvalue weighted by atomic mass is 19.1. The van der Waals surface area contributed by atoms with Gasteiger partial charge in [0.25, 0.3) is 0 Å². The lowest BCUT2D eigenvalue weighted by Gasteiger charge is -2.27. The predicted molar refractivity (Wildman–Crippen MR) is 61.8 cm³/mol. The molecule has 0 aliphatic carbocycles. The fourth-order valence-electron chi connectivity index (χ4n) is 2.32. The molecule has 1 unspecified atom stereocenters. The molecule has 3 heteroatoms. The average molecular weight is 223 g/mol. The van der Waals surface area contributed by atoms with Gasteiger partial charge in [-0.15, -0.1) is 0 Å². The number of benzene rings is 1. The minimum atomic E-state index is -1.00. The highest BCUT2D eigenvalue weighted by Crippen LogP contribution is 2.33. The first-order valence-corrected chi connectivity index (χ1v) is 5.81. The number of halogens is 1. The average Bonchev–Trinajstić information content (AvgIpc) is 2.48. The molecule has 2 nitrogen and oxygen atoms in total. The van der Waals surface area contributed by atoms with E-state index in [-0.39, 0.29) is 5.82 Å². The van der Waals surface area contributed by atoms with E-state index in [1.165, 1.54) is 6.07 Å². The molecule has 88 valence electrons. The summed E-state index contributed by atoms with van der Waals surface area (Å²) in [6, 6.07) is 4.94. The lowest BCUT2D eigenvalue weighted by atomic mass is 9.86. The summed E-state index contributed by atoms with van der Waals surface area (Å²) in [5.74, 6) is -0.296. The molecule has 1 aromatic rings. The van der Waals surface area contributed by atoms with Crippen LogP contribution in [0.1, 0.15) is 30.4 Å². The highest BCUT2D eigenvalue weighted by Gasteiger charge is 2.32. The summed E-state index contributed by atoms with van der Waals surface area (Å²) < 4.78 is 13.8. The summed E-state index contributed by atoms with van der Waals surface area (Å²) in [6.07, 6.45) is 2.08. The van der Waals surface area contributed by atoms with Crippen LogP contribution in [0.5, 0.6) is 0 Å². The molecule has 2 rings (SSSR count). The smallest absolute Gasteiger partial charge is 0.129 e. The summed E-state index contributed by atoms with van der Waals surface area (Å²) in [5, 5.41) is 13.8. The highest BCUT2D eigenvalue weighted by molar-refractivity contribution is 5.29. The van der Waals surface area contributed by atoms with Crippen LogP contribution < -0.4 is 5.32 Å². The van der Waals surface area contributed by atoms with Gasteiger partial charge in [-0.25, -0.2) is 4.39 Å². The van der Waals surface area contributed by atoms with Crippen molar-refractivity contribution in [2.75, 3.05) is 13.1 Å². The molecule has 0 spiro atoms. The molecular formula is C13H18FNO. The van der Waals surface area contributed by atoms with Gasteiger partial charge in [-0.3, -0.25) is 0 Å². The minimum absolute atomic E-state index is 0.296. The van der Waals surface area contributed by atoms with E-state index in [2.05, 4.69) is 5.32 Å². The van der Waals surface area contributed by atoms with Gasteiger partial charge in [-0.05, 0) is 45.3 Å². The van der Waals surface area contributed by atoms with Crippen molar-refractivity contribution in [3.8, 4) is 0 Å². The normalized spacial score (nSPS) is 26.4. The van der Waals surface area contributed by atoms with Gasteiger partial charge in [0.15, 0.2) is 0 Å². The Labute approximate surface area is 95.5 Å². The van der Waals surface area contributed by atoms with E-state index in [1.807, 2.05) is 6.92 Å². The summed E-state index contributed by atoms with van der Waals surface area (Å²) in [5.41, 5.74) is 0.442. The Morgan fingerprint density at radius 3 is 2.94 bits per heavy atom. The van der Waals surface area contributed by atoms with E-state index >= 15 is 0 Å². The zero-order chi connectivity index (χ0) is 11.6. The molecule has 16 heavy (non-hydrogen) atoms. The van der Waals surface area contributed by atoms with Crippen LogP contribution in [0.25, 0.3) is 0 Å². The van der Waals surface area contributed by atoms with Crippen molar-refractivity contribution in [3.05, 3.63) is 35.1 Å². The molecule has 1 aromatic carbocycles. The monoisotopic (exact) mass is 223 g/mol. The van der Waals surface area contributed by atoms with E-state index < -0.39 is 5.60 Å². The SMILES string of the molecule is Cc1ccc(F)c(C2(O)CCCNCC2)c1. The topological polar surface area (TPSA) is 32.3 Å². The second-order valence-electron chi connectivity index (χ2n) is 4.62. The Kier molecular flexibility index (Phi) is 3.26. The summed E-state index contributed by atoms with van der Waals surface area (Å²) in [6.45, 7) is 3.56. The third-order valence-electron chi connectivity index (χ3n) is 3.28. The molecule has 1 fully saturated rings. The first-order chi connectivity index (χ1) is 7.62. The van der Waals surface area contributed by atoms with Gasteiger partial charge >= 0.3 is 0 Å². The molecule has 0 amide bonds. The third-order valence-corrected chi connectivity index (χ3v) is 3.28. The van der Waals surface area contributed by atoms with Crippen molar-refractivity contribution in [2.45, 2.75) is 31.8 Å². The van der Waals surface area contributed by atoms with Crippen molar-refractivity contribution in [1.29, 1.82) is 0 Å². The van der Waals surface area contributed by atoms with Crippen LogP contribution in [0.2, 0.25) is 0 Å². The van der Waals surface area contributed by atoms with E-state index in [1.54, 1.807) is 12.1 Å². The van der Waals surface area contributed by atoms with E-state index in [9.17, 15) is 9.50 Å². The van der Waals surface area contributed by atoms with Crippen molar-refractivity contribution in [3.63, 3.8) is 0 Å². The molecule has 2 N–H and O–H groups in total. The van der Waals surface area contributed by atoms with Gasteiger partial charge in [0.1, 0.15) is 5.82 Å². The largest absolute Gasteiger partial charge is 0.385 e. The number of aryl methyl sites for hydroxylation is 1. The number of hydrogen-bond donors (Lipinski definition) is 2. The van der Waals surface area contributed by atoms with E-state index in [0.717, 1.165) is 25.1 Å². The molecule has 1 heterocycles. The Morgan fingerprint density at radius 2 is 2.12 bits per heavy atom. The minimum Gasteiger partial charge on any atom is -0.385 e. The Balaban J connectivity index is 2.36. The Morgan fingerprint density at radius 1 is 1.31 bits per heavy atom. The van der Waals surface area contributed by atoms with Crippen molar-refractivity contribution < 1.29 is 9.50 Å². The number of aliphatic hydroxyl groups is 1. The molecule has 1 atom stereocenters. The quantitative estimate of drug-likeness (QED) is 0.764. The predicted octanol–water partition coefficient (Wildman–Crippen LogP) is 2.10. The summed E-state index contributed by atoms with van der Waals surface area (Å²) in [7, 11) is 0. The van der Waals surface area contributed by atoms with Crippen LogP contribution in [-0.2, 0) is 5.60 Å². The van der Waals surface area contributed by atoms with Crippen LogP contribution in [0.4, 0.5) is 4.39 Å². The second-order valence-corrected chi connectivity index (χ2v) is 4.62.